The zero-order valence-corrected chi connectivity index (χ0v) is 40.1. The van der Waals surface area contributed by atoms with Gasteiger partial charge in [-0.1, -0.05) is 142 Å². The maximum atomic E-state index is 13.2. The second-order valence-corrected chi connectivity index (χ2v) is 18.6. The van der Waals surface area contributed by atoms with Crippen molar-refractivity contribution >= 4 is 94.3 Å². The van der Waals surface area contributed by atoms with E-state index in [9.17, 15) is 19.2 Å². The van der Waals surface area contributed by atoms with Crippen LogP contribution in [0.5, 0.6) is 0 Å². The second-order valence-electron chi connectivity index (χ2n) is 18.6. The average Bonchev–Trinajstić information content (AvgIpc) is 3.69. The highest BCUT2D eigenvalue weighted by atomic mass is 16.5. The van der Waals surface area contributed by atoms with E-state index in [4.69, 9.17) is 18.9 Å². The van der Waals surface area contributed by atoms with Crippen LogP contribution in [0.4, 0.5) is 0 Å². The van der Waals surface area contributed by atoms with Crippen molar-refractivity contribution in [1.29, 1.82) is 0 Å². The van der Waals surface area contributed by atoms with Crippen LogP contribution in [0.15, 0.2) is 191 Å². The molecule has 0 saturated heterocycles. The molecule has 0 aromatic heterocycles. The highest BCUT2D eigenvalue weighted by molar-refractivity contribution is 6.27. The van der Waals surface area contributed by atoms with E-state index in [0.29, 0.717) is 24.8 Å². The monoisotopic (exact) mass is 956 g/mol. The van der Waals surface area contributed by atoms with Crippen molar-refractivity contribution in [3.8, 4) is 33.4 Å². The minimum Gasteiger partial charge on any atom is -0.463 e. The highest BCUT2D eigenvalue weighted by Gasteiger charge is 2.45. The van der Waals surface area contributed by atoms with Crippen molar-refractivity contribution in [1.82, 2.24) is 0 Å². The molecular weight excluding hydrogens is 909 g/mol. The van der Waals surface area contributed by atoms with Gasteiger partial charge in [-0.3, -0.25) is 0 Å². The second kappa shape index (κ2) is 18.6. The summed E-state index contributed by atoms with van der Waals surface area (Å²) in [7, 11) is 0. The maximum absolute atomic E-state index is 13.2. The Kier molecular flexibility index (Phi) is 11.8. The van der Waals surface area contributed by atoms with Crippen LogP contribution in [0, 0.1) is 0 Å². The summed E-state index contributed by atoms with van der Waals surface area (Å²) in [5.41, 5.74) is 9.04. The van der Waals surface area contributed by atoms with Gasteiger partial charge in [-0.2, -0.15) is 0 Å². The molecule has 1 aliphatic rings. The van der Waals surface area contributed by atoms with E-state index in [1.807, 2.05) is 12.1 Å². The minimum atomic E-state index is -0.867. The van der Waals surface area contributed by atoms with E-state index in [1.54, 1.807) is 0 Å². The van der Waals surface area contributed by atoms with Crippen LogP contribution in [0.2, 0.25) is 0 Å². The smallest absolute Gasteiger partial charge is 0.335 e. The first-order valence-corrected chi connectivity index (χ1v) is 24.2. The summed E-state index contributed by atoms with van der Waals surface area (Å²) in [4.78, 5) is 49.3. The predicted molar refractivity (Wildman–Crippen MR) is 293 cm³/mol. The molecule has 8 heteroatoms. The van der Waals surface area contributed by atoms with Crippen LogP contribution >= 0.6 is 0 Å². The third kappa shape index (κ3) is 7.98. The Morgan fingerprint density at radius 3 is 1.41 bits per heavy atom. The third-order valence-corrected chi connectivity index (χ3v) is 14.5. The average molecular weight is 957 g/mol. The lowest BCUT2D eigenvalue weighted by Crippen LogP contribution is -2.33. The van der Waals surface area contributed by atoms with Gasteiger partial charge in [0.25, 0.3) is 0 Å². The van der Waals surface area contributed by atoms with Crippen molar-refractivity contribution in [2.75, 3.05) is 19.8 Å². The van der Waals surface area contributed by atoms with Gasteiger partial charge in [-0.25, -0.2) is 19.2 Å². The summed E-state index contributed by atoms with van der Waals surface area (Å²) in [5, 5.41) is 13.1. The summed E-state index contributed by atoms with van der Waals surface area (Å²) < 4.78 is 22.4. The Morgan fingerprint density at radius 2 is 0.890 bits per heavy atom. The number of fused-ring (bicyclic) bond motifs is 3. The summed E-state index contributed by atoms with van der Waals surface area (Å²) in [6.45, 7) is 18.8. The molecular formula is C65H48O8. The number of hydrogen-bond donors (Lipinski definition) is 0. The largest absolute Gasteiger partial charge is 0.463 e. The Bertz CT molecular complexity index is 3970. The first-order chi connectivity index (χ1) is 35.5. The maximum Gasteiger partial charge on any atom is 0.335 e. The van der Waals surface area contributed by atoms with E-state index < -0.39 is 29.3 Å². The summed E-state index contributed by atoms with van der Waals surface area (Å²) in [6, 6.07) is 47.3. The van der Waals surface area contributed by atoms with Gasteiger partial charge < -0.3 is 18.9 Å². The van der Waals surface area contributed by atoms with Gasteiger partial charge in [0.2, 0.25) is 0 Å². The van der Waals surface area contributed by atoms with Crippen LogP contribution in [-0.2, 0) is 50.0 Å². The molecule has 1 unspecified atom stereocenters. The van der Waals surface area contributed by atoms with E-state index in [2.05, 4.69) is 154 Å². The summed E-state index contributed by atoms with van der Waals surface area (Å²) in [5.74, 6) is -1.80. The normalized spacial score (nSPS) is 13.8. The molecule has 0 bridgehead atoms. The molecule has 0 fully saturated rings. The van der Waals surface area contributed by atoms with Crippen molar-refractivity contribution in [2.45, 2.75) is 24.7 Å². The fourth-order valence-electron chi connectivity index (χ4n) is 11.2. The van der Waals surface area contributed by atoms with Crippen LogP contribution in [0.1, 0.15) is 35.1 Å². The molecule has 0 heterocycles. The minimum absolute atomic E-state index is 0.0159. The van der Waals surface area contributed by atoms with Crippen molar-refractivity contribution in [3.63, 3.8) is 0 Å². The molecule has 0 spiro atoms. The number of hydrogen-bond acceptors (Lipinski definition) is 8. The van der Waals surface area contributed by atoms with Gasteiger partial charge in [0, 0.05) is 36.3 Å². The number of carbonyl (C=O) groups is 4. The molecule has 10 aromatic carbocycles. The SMILES string of the molecule is C=CC(=O)OCCCC1(COC(=O)C=C)c2cc(-c3ccc4ccc5cc(CCOC(=O)C=C)cc6ccc3c4c56)ccc2-c2ccc(-c3ccc4ccc5cc(C(=C)OC(=O)C=C)cc6ccc3c4c56)cc21. The van der Waals surface area contributed by atoms with Crippen LogP contribution in [-0.4, -0.2) is 43.7 Å². The van der Waals surface area contributed by atoms with Crippen LogP contribution in [0.3, 0.4) is 0 Å². The topological polar surface area (TPSA) is 105 Å². The molecule has 0 radical (unpaired) electrons. The van der Waals surface area contributed by atoms with E-state index in [-0.39, 0.29) is 25.6 Å². The van der Waals surface area contributed by atoms with Crippen molar-refractivity contribution in [3.05, 3.63) is 213 Å². The molecule has 0 N–H and O–H groups in total. The molecule has 10 aromatic rings. The molecule has 11 rings (SSSR count). The first kappa shape index (κ1) is 46.3. The van der Waals surface area contributed by atoms with Gasteiger partial charge in [0.15, 0.2) is 0 Å². The molecule has 0 saturated carbocycles. The van der Waals surface area contributed by atoms with Crippen molar-refractivity contribution in [2.24, 2.45) is 0 Å². The molecule has 73 heavy (non-hydrogen) atoms. The Hall–Kier alpha value is -9.14. The number of carbonyl (C=O) groups excluding carboxylic acids is 4. The Labute approximate surface area is 421 Å². The number of benzene rings is 10. The molecule has 1 aliphatic carbocycles. The Balaban J connectivity index is 1.05. The van der Waals surface area contributed by atoms with Gasteiger partial charge in [0.1, 0.15) is 12.4 Å². The fourth-order valence-corrected chi connectivity index (χ4v) is 11.2. The standard InChI is InChI=1S/C65H48O8/c1-6-57(66)70-29-10-28-65(37-72-59(68)8-3)55-35-42(49-21-15-40-11-13-44-31-39(27-30-71-58(67)7-2)32-45-19-25-53(49)63(40)61(44)45)17-23-51(55)52-24-18-43(36-56(52)65)50-22-16-41-12-14-46-33-48(38(5)73-60(69)9-4)34-47-20-26-54(50)64(41)62(46)47/h6-9,11-26,31-36H,1-5,10,27-30,37H2. The van der Waals surface area contributed by atoms with E-state index >= 15 is 0 Å². The number of esters is 4. The third-order valence-electron chi connectivity index (χ3n) is 14.5. The first-order valence-electron chi connectivity index (χ1n) is 24.2. The lowest BCUT2D eigenvalue weighted by atomic mass is 9.74. The van der Waals surface area contributed by atoms with Gasteiger partial charge >= 0.3 is 23.9 Å². The number of ether oxygens (including phenoxy) is 4. The van der Waals surface area contributed by atoms with E-state index in [0.717, 1.165) is 121 Å². The molecule has 356 valence electrons. The predicted octanol–water partition coefficient (Wildman–Crippen LogP) is 14.3. The van der Waals surface area contributed by atoms with Gasteiger partial charge in [0.05, 0.1) is 18.6 Å². The quantitative estimate of drug-likeness (QED) is 0.0222. The molecule has 0 amide bonds. The lowest BCUT2D eigenvalue weighted by Gasteiger charge is -2.32. The van der Waals surface area contributed by atoms with E-state index in [1.165, 1.54) is 17.5 Å². The molecule has 8 nitrogen and oxygen atoms in total. The van der Waals surface area contributed by atoms with Crippen LogP contribution in [0.25, 0.3) is 104 Å². The summed E-state index contributed by atoms with van der Waals surface area (Å²) in [6.07, 6.45) is 6.17. The van der Waals surface area contributed by atoms with Crippen molar-refractivity contribution < 1.29 is 38.1 Å². The zero-order valence-electron chi connectivity index (χ0n) is 40.1. The Morgan fingerprint density at radius 1 is 0.452 bits per heavy atom. The molecule has 1 atom stereocenters. The lowest BCUT2D eigenvalue weighted by molar-refractivity contribution is -0.139. The summed E-state index contributed by atoms with van der Waals surface area (Å²) >= 11 is 0. The molecule has 0 aliphatic heterocycles. The zero-order chi connectivity index (χ0) is 50.5. The number of rotatable bonds is 17. The van der Waals surface area contributed by atoms with Crippen LogP contribution < -0.4 is 0 Å². The fraction of sp³-hybridized carbons (Fsp3) is 0.108. The van der Waals surface area contributed by atoms with Gasteiger partial charge in [-0.05, 0) is 152 Å². The highest BCUT2D eigenvalue weighted by Crippen LogP contribution is 2.54. The van der Waals surface area contributed by atoms with Gasteiger partial charge in [-0.15, -0.1) is 0 Å².